The van der Waals surface area contributed by atoms with Crippen molar-refractivity contribution < 1.29 is 22.7 Å². The van der Waals surface area contributed by atoms with E-state index in [-0.39, 0.29) is 17.7 Å². The van der Waals surface area contributed by atoms with Crippen molar-refractivity contribution in [2.75, 3.05) is 25.1 Å². The molecular formula is C21H23F3N4O2S. The zero-order valence-electron chi connectivity index (χ0n) is 16.9. The van der Waals surface area contributed by atoms with Gasteiger partial charge in [-0.15, -0.1) is 24.5 Å². The maximum atomic E-state index is 13.3. The van der Waals surface area contributed by atoms with Crippen LogP contribution in [0.4, 0.5) is 18.9 Å². The van der Waals surface area contributed by atoms with Crippen LogP contribution in [0.15, 0.2) is 54.1 Å². The Bertz CT molecular complexity index is 927. The van der Waals surface area contributed by atoms with Crippen molar-refractivity contribution in [1.29, 1.82) is 0 Å². The van der Waals surface area contributed by atoms with E-state index in [1.807, 2.05) is 28.5 Å². The molecule has 1 N–H and O–H groups in total. The first kappa shape index (κ1) is 21.7. The second-order valence-electron chi connectivity index (χ2n) is 7.55. The minimum atomic E-state index is -4.76. The van der Waals surface area contributed by atoms with Crippen molar-refractivity contribution >= 4 is 22.9 Å². The van der Waals surface area contributed by atoms with Gasteiger partial charge in [0, 0.05) is 18.3 Å². The number of anilines is 1. The molecule has 1 atom stereocenters. The van der Waals surface area contributed by atoms with Gasteiger partial charge in [0.25, 0.3) is 5.91 Å². The number of ether oxygens (including phenoxy) is 1. The molecule has 1 aromatic heterocycles. The number of carbonyl (C=O) groups excluding carboxylic acids is 1. The SMILES string of the molecule is CN1CCC(N(C(=O)c2cccs2)C2C=CN(c3cccc(OC(F)(F)F)c3)N2)CC1. The fourth-order valence-electron chi connectivity index (χ4n) is 3.86. The number of rotatable bonds is 5. The Morgan fingerprint density at radius 2 is 2.00 bits per heavy atom. The van der Waals surface area contributed by atoms with E-state index in [1.54, 1.807) is 17.3 Å². The van der Waals surface area contributed by atoms with E-state index in [0.29, 0.717) is 10.6 Å². The summed E-state index contributed by atoms with van der Waals surface area (Å²) in [6.45, 7) is 1.80. The average Bonchev–Trinajstić information content (AvgIpc) is 3.41. The molecule has 6 nitrogen and oxygen atoms in total. The second kappa shape index (κ2) is 8.89. The fourth-order valence-corrected chi connectivity index (χ4v) is 4.53. The molecule has 3 heterocycles. The summed E-state index contributed by atoms with van der Waals surface area (Å²) in [5, 5.41) is 3.48. The summed E-state index contributed by atoms with van der Waals surface area (Å²) in [6.07, 6.45) is 0.119. The number of halogens is 3. The average molecular weight is 453 g/mol. The Balaban J connectivity index is 1.52. The van der Waals surface area contributed by atoms with Gasteiger partial charge in [-0.05, 0) is 62.6 Å². The van der Waals surface area contributed by atoms with Crippen molar-refractivity contribution in [3.8, 4) is 5.75 Å². The van der Waals surface area contributed by atoms with E-state index in [4.69, 9.17) is 0 Å². The van der Waals surface area contributed by atoms with Gasteiger partial charge in [-0.25, -0.2) is 5.43 Å². The van der Waals surface area contributed by atoms with Crippen LogP contribution in [0.3, 0.4) is 0 Å². The third-order valence-electron chi connectivity index (χ3n) is 5.37. The summed E-state index contributed by atoms with van der Waals surface area (Å²) in [7, 11) is 2.06. The molecule has 2 aliphatic heterocycles. The van der Waals surface area contributed by atoms with Crippen LogP contribution in [-0.4, -0.2) is 54.4 Å². The molecule has 1 fully saturated rings. The monoisotopic (exact) mass is 452 g/mol. The highest BCUT2D eigenvalue weighted by molar-refractivity contribution is 7.12. The first-order valence-corrected chi connectivity index (χ1v) is 10.8. The topological polar surface area (TPSA) is 48.0 Å². The lowest BCUT2D eigenvalue weighted by molar-refractivity contribution is -0.274. The van der Waals surface area contributed by atoms with Gasteiger partial charge < -0.3 is 14.5 Å². The van der Waals surface area contributed by atoms with Crippen molar-refractivity contribution in [3.63, 3.8) is 0 Å². The maximum absolute atomic E-state index is 13.3. The molecule has 1 amide bonds. The van der Waals surface area contributed by atoms with Crippen LogP contribution >= 0.6 is 11.3 Å². The molecular weight excluding hydrogens is 429 g/mol. The molecule has 1 unspecified atom stereocenters. The summed E-state index contributed by atoms with van der Waals surface area (Å²) in [6, 6.07) is 9.43. The van der Waals surface area contributed by atoms with E-state index >= 15 is 0 Å². The number of hydrogen-bond donors (Lipinski definition) is 1. The molecule has 1 aromatic carbocycles. The molecule has 1 saturated heterocycles. The summed E-state index contributed by atoms with van der Waals surface area (Å²) >= 11 is 1.40. The Morgan fingerprint density at radius 1 is 1.23 bits per heavy atom. The van der Waals surface area contributed by atoms with Crippen LogP contribution in [0, 0.1) is 0 Å². The zero-order chi connectivity index (χ0) is 22.0. The van der Waals surface area contributed by atoms with Gasteiger partial charge >= 0.3 is 6.36 Å². The third-order valence-corrected chi connectivity index (χ3v) is 6.22. The minimum absolute atomic E-state index is 0.0530. The van der Waals surface area contributed by atoms with Gasteiger partial charge in [0.05, 0.1) is 10.6 Å². The third kappa shape index (κ3) is 5.20. The van der Waals surface area contributed by atoms with Crippen LogP contribution in [0.1, 0.15) is 22.5 Å². The highest BCUT2D eigenvalue weighted by Crippen LogP contribution is 2.29. The predicted molar refractivity (Wildman–Crippen MR) is 113 cm³/mol. The number of thiophene rings is 1. The van der Waals surface area contributed by atoms with Crippen LogP contribution < -0.4 is 15.2 Å². The molecule has 0 bridgehead atoms. The highest BCUT2D eigenvalue weighted by Gasteiger charge is 2.35. The molecule has 0 radical (unpaired) electrons. The molecule has 4 rings (SSSR count). The Hall–Kier alpha value is -2.56. The van der Waals surface area contributed by atoms with Gasteiger partial charge in [-0.1, -0.05) is 12.1 Å². The normalized spacial score (nSPS) is 20.3. The predicted octanol–water partition coefficient (Wildman–Crippen LogP) is 4.05. The van der Waals surface area contributed by atoms with Gasteiger partial charge in [-0.3, -0.25) is 9.80 Å². The molecule has 2 aliphatic rings. The Kier molecular flexibility index (Phi) is 6.22. The number of hydrogen-bond acceptors (Lipinski definition) is 6. The molecule has 0 aliphatic carbocycles. The van der Waals surface area contributed by atoms with Gasteiger partial charge in [0.1, 0.15) is 11.9 Å². The number of benzene rings is 1. The van der Waals surface area contributed by atoms with E-state index in [9.17, 15) is 18.0 Å². The van der Waals surface area contributed by atoms with E-state index in [1.165, 1.54) is 29.5 Å². The first-order valence-electron chi connectivity index (χ1n) is 9.94. The minimum Gasteiger partial charge on any atom is -0.406 e. The van der Waals surface area contributed by atoms with Crippen LogP contribution in [-0.2, 0) is 0 Å². The summed E-state index contributed by atoms with van der Waals surface area (Å²) in [4.78, 5) is 18.1. The van der Waals surface area contributed by atoms with E-state index in [0.717, 1.165) is 25.9 Å². The van der Waals surface area contributed by atoms with E-state index in [2.05, 4.69) is 22.1 Å². The largest absolute Gasteiger partial charge is 0.573 e. The number of amides is 1. The van der Waals surface area contributed by atoms with Gasteiger partial charge in [0.15, 0.2) is 0 Å². The quantitative estimate of drug-likeness (QED) is 0.742. The van der Waals surface area contributed by atoms with Crippen LogP contribution in [0.2, 0.25) is 0 Å². The maximum Gasteiger partial charge on any atom is 0.573 e. The molecule has 31 heavy (non-hydrogen) atoms. The standard InChI is InChI=1S/C21H23F3N4O2S/c1-26-10-7-15(8-11-26)28(20(29)18-6-3-13-31-18)19-9-12-27(25-19)16-4-2-5-17(14-16)30-21(22,23)24/h2-6,9,12-15,19,25H,7-8,10-11H2,1H3. The second-order valence-corrected chi connectivity index (χ2v) is 8.50. The first-order chi connectivity index (χ1) is 14.8. The summed E-state index contributed by atoms with van der Waals surface area (Å²) in [5.41, 5.74) is 3.71. The number of carbonyl (C=O) groups is 1. The smallest absolute Gasteiger partial charge is 0.406 e. The van der Waals surface area contributed by atoms with E-state index < -0.39 is 12.5 Å². The summed E-state index contributed by atoms with van der Waals surface area (Å²) < 4.78 is 41.7. The number of piperidine rings is 1. The molecule has 2 aromatic rings. The van der Waals surface area contributed by atoms with Gasteiger partial charge in [-0.2, -0.15) is 0 Å². The van der Waals surface area contributed by atoms with Crippen LogP contribution in [0.25, 0.3) is 0 Å². The zero-order valence-corrected chi connectivity index (χ0v) is 17.7. The lowest BCUT2D eigenvalue weighted by Gasteiger charge is -2.40. The number of likely N-dealkylation sites (tertiary alicyclic amines) is 1. The number of nitrogens with zero attached hydrogens (tertiary/aromatic N) is 3. The number of alkyl halides is 3. The van der Waals surface area contributed by atoms with Crippen molar-refractivity contribution in [2.24, 2.45) is 0 Å². The molecule has 166 valence electrons. The van der Waals surface area contributed by atoms with Crippen molar-refractivity contribution in [3.05, 3.63) is 58.9 Å². The Morgan fingerprint density at radius 3 is 2.68 bits per heavy atom. The van der Waals surface area contributed by atoms with Gasteiger partial charge in [0.2, 0.25) is 0 Å². The van der Waals surface area contributed by atoms with Crippen LogP contribution in [0.5, 0.6) is 5.75 Å². The molecule has 0 spiro atoms. The lowest BCUT2D eigenvalue weighted by atomic mass is 10.0. The van der Waals surface area contributed by atoms with Crippen molar-refractivity contribution in [2.45, 2.75) is 31.4 Å². The number of hydrazine groups is 1. The molecule has 10 heteroatoms. The Labute approximate surface area is 182 Å². The van der Waals surface area contributed by atoms with Crippen molar-refractivity contribution in [1.82, 2.24) is 15.2 Å². The number of nitrogens with one attached hydrogen (secondary N) is 1. The fraction of sp³-hybridized carbons (Fsp3) is 0.381. The lowest BCUT2D eigenvalue weighted by Crippen LogP contribution is -2.56. The molecule has 0 saturated carbocycles. The summed E-state index contributed by atoms with van der Waals surface area (Å²) in [5.74, 6) is -0.354. The highest BCUT2D eigenvalue weighted by atomic mass is 32.1.